The Morgan fingerprint density at radius 2 is 2.17 bits per heavy atom. The molecular formula is C18H25IN4S. The van der Waals surface area contributed by atoms with E-state index in [1.54, 1.807) is 11.3 Å². The lowest BCUT2D eigenvalue weighted by atomic mass is 9.78. The van der Waals surface area contributed by atoms with Crippen molar-refractivity contribution >= 4 is 41.3 Å². The van der Waals surface area contributed by atoms with E-state index in [2.05, 4.69) is 51.8 Å². The van der Waals surface area contributed by atoms with Gasteiger partial charge in [0.1, 0.15) is 0 Å². The maximum absolute atomic E-state index is 4.45. The fraction of sp³-hybridized carbons (Fsp3) is 0.444. The summed E-state index contributed by atoms with van der Waals surface area (Å²) in [6.07, 6.45) is 5.16. The van der Waals surface area contributed by atoms with Crippen LogP contribution in [0.3, 0.4) is 0 Å². The van der Waals surface area contributed by atoms with Crippen LogP contribution in [-0.2, 0) is 19.3 Å². The summed E-state index contributed by atoms with van der Waals surface area (Å²) in [7, 11) is 1.82. The van der Waals surface area contributed by atoms with E-state index < -0.39 is 0 Å². The highest BCUT2D eigenvalue weighted by Gasteiger charge is 2.25. The first-order valence-corrected chi connectivity index (χ1v) is 9.07. The molecule has 3 rings (SSSR count). The Morgan fingerprint density at radius 3 is 2.88 bits per heavy atom. The van der Waals surface area contributed by atoms with Crippen molar-refractivity contribution in [2.75, 3.05) is 20.1 Å². The highest BCUT2D eigenvalue weighted by atomic mass is 127. The highest BCUT2D eigenvalue weighted by Crippen LogP contribution is 2.33. The molecule has 24 heavy (non-hydrogen) atoms. The molecular weight excluding hydrogens is 431 g/mol. The summed E-state index contributed by atoms with van der Waals surface area (Å²) < 4.78 is 0. The monoisotopic (exact) mass is 456 g/mol. The van der Waals surface area contributed by atoms with Crippen LogP contribution in [0.2, 0.25) is 0 Å². The van der Waals surface area contributed by atoms with Gasteiger partial charge in [-0.15, -0.1) is 35.3 Å². The van der Waals surface area contributed by atoms with E-state index >= 15 is 0 Å². The van der Waals surface area contributed by atoms with E-state index in [9.17, 15) is 0 Å². The number of benzene rings is 1. The van der Waals surface area contributed by atoms with Gasteiger partial charge in [0, 0.05) is 43.5 Å². The van der Waals surface area contributed by atoms with Crippen LogP contribution in [0.4, 0.5) is 0 Å². The predicted octanol–water partition coefficient (Wildman–Crippen LogP) is 3.37. The van der Waals surface area contributed by atoms with Gasteiger partial charge in [0.25, 0.3) is 0 Å². The molecule has 1 aromatic heterocycles. The standard InChI is InChI=1S/C18H24N4S.HI/c1-3-15-12-21-17(23-15)8-9-20-18(19-2)22-11-14-10-13-6-4-5-7-16(13)14;/h4-7,12,14H,3,8-11H2,1-2H3,(H2,19,20,22);1H. The predicted molar refractivity (Wildman–Crippen MR) is 113 cm³/mol. The highest BCUT2D eigenvalue weighted by molar-refractivity contribution is 14.0. The lowest BCUT2D eigenvalue weighted by Gasteiger charge is -2.30. The molecule has 1 aliphatic rings. The van der Waals surface area contributed by atoms with E-state index in [1.807, 2.05) is 13.2 Å². The molecule has 0 saturated carbocycles. The first-order chi connectivity index (χ1) is 11.3. The zero-order valence-corrected chi connectivity index (χ0v) is 17.4. The number of guanidine groups is 1. The summed E-state index contributed by atoms with van der Waals surface area (Å²) in [5, 5.41) is 8.01. The Bertz CT molecular complexity index is 683. The van der Waals surface area contributed by atoms with Gasteiger partial charge in [-0.2, -0.15) is 0 Å². The second-order valence-electron chi connectivity index (χ2n) is 5.80. The average molecular weight is 456 g/mol. The number of rotatable bonds is 6. The maximum Gasteiger partial charge on any atom is 0.191 e. The Kier molecular flexibility index (Phi) is 7.48. The first-order valence-electron chi connectivity index (χ1n) is 8.26. The summed E-state index contributed by atoms with van der Waals surface area (Å²) in [6.45, 7) is 3.96. The lowest BCUT2D eigenvalue weighted by molar-refractivity contribution is 0.584. The van der Waals surface area contributed by atoms with Gasteiger partial charge in [-0.25, -0.2) is 4.98 Å². The van der Waals surface area contributed by atoms with Crippen molar-refractivity contribution in [1.29, 1.82) is 0 Å². The Labute approximate surface area is 165 Å². The van der Waals surface area contributed by atoms with Gasteiger partial charge in [0.15, 0.2) is 5.96 Å². The number of nitrogens with zero attached hydrogens (tertiary/aromatic N) is 2. The molecule has 0 amide bonds. The molecule has 4 nitrogen and oxygen atoms in total. The summed E-state index contributed by atoms with van der Waals surface area (Å²) >= 11 is 1.80. The molecule has 0 aliphatic heterocycles. The average Bonchev–Trinajstić information content (AvgIpc) is 3.02. The Morgan fingerprint density at radius 1 is 1.33 bits per heavy atom. The van der Waals surface area contributed by atoms with E-state index in [4.69, 9.17) is 0 Å². The molecule has 0 spiro atoms. The largest absolute Gasteiger partial charge is 0.356 e. The van der Waals surface area contributed by atoms with Crippen molar-refractivity contribution < 1.29 is 0 Å². The number of aryl methyl sites for hydroxylation is 1. The minimum Gasteiger partial charge on any atom is -0.356 e. The van der Waals surface area contributed by atoms with Crippen molar-refractivity contribution in [3.05, 3.63) is 51.5 Å². The van der Waals surface area contributed by atoms with Gasteiger partial charge in [-0.05, 0) is 24.0 Å². The summed E-state index contributed by atoms with van der Waals surface area (Å²) in [5.74, 6) is 1.48. The Balaban J connectivity index is 0.00000208. The zero-order valence-electron chi connectivity index (χ0n) is 14.2. The molecule has 0 fully saturated rings. The smallest absolute Gasteiger partial charge is 0.191 e. The van der Waals surface area contributed by atoms with Crippen LogP contribution in [0.15, 0.2) is 35.5 Å². The SMILES string of the molecule is CCc1cnc(CCNC(=NC)NCC2Cc3ccccc32)s1.I. The van der Waals surface area contributed by atoms with Crippen molar-refractivity contribution in [3.8, 4) is 0 Å². The molecule has 0 radical (unpaired) electrons. The third kappa shape index (κ3) is 4.69. The number of hydrogen-bond acceptors (Lipinski definition) is 3. The quantitative estimate of drug-likeness (QED) is 0.398. The van der Waals surface area contributed by atoms with E-state index in [-0.39, 0.29) is 24.0 Å². The van der Waals surface area contributed by atoms with Gasteiger partial charge >= 0.3 is 0 Å². The van der Waals surface area contributed by atoms with Gasteiger partial charge in [-0.1, -0.05) is 31.2 Å². The normalized spacial score (nSPS) is 15.9. The number of nitrogens with one attached hydrogen (secondary N) is 2. The molecule has 6 heteroatoms. The summed E-state index contributed by atoms with van der Waals surface area (Å²) in [4.78, 5) is 10.1. The second kappa shape index (κ2) is 9.36. The molecule has 2 aromatic rings. The molecule has 0 saturated heterocycles. The van der Waals surface area contributed by atoms with Crippen molar-refractivity contribution in [3.63, 3.8) is 0 Å². The summed E-state index contributed by atoms with van der Waals surface area (Å²) in [6, 6.07) is 8.69. The number of thiazole rings is 1. The van der Waals surface area contributed by atoms with E-state index in [1.165, 1.54) is 27.4 Å². The minimum absolute atomic E-state index is 0. The van der Waals surface area contributed by atoms with Gasteiger partial charge < -0.3 is 10.6 Å². The first kappa shape index (κ1) is 19.2. The summed E-state index contributed by atoms with van der Waals surface area (Å²) in [5.41, 5.74) is 2.96. The molecule has 130 valence electrons. The molecule has 1 unspecified atom stereocenters. The van der Waals surface area contributed by atoms with Crippen molar-refractivity contribution in [2.45, 2.75) is 32.1 Å². The zero-order chi connectivity index (χ0) is 16.1. The maximum atomic E-state index is 4.45. The molecule has 1 aromatic carbocycles. The van der Waals surface area contributed by atoms with Crippen LogP contribution in [0.5, 0.6) is 0 Å². The number of halogens is 1. The number of hydrogen-bond donors (Lipinski definition) is 2. The molecule has 1 aliphatic carbocycles. The minimum atomic E-state index is 0. The molecule has 1 atom stereocenters. The Hall–Kier alpha value is -1.15. The van der Waals surface area contributed by atoms with Crippen molar-refractivity contribution in [1.82, 2.24) is 15.6 Å². The van der Waals surface area contributed by atoms with Crippen LogP contribution in [-0.4, -0.2) is 31.1 Å². The fourth-order valence-electron chi connectivity index (χ4n) is 2.90. The van der Waals surface area contributed by atoms with Crippen LogP contribution in [0.1, 0.15) is 33.9 Å². The fourth-order valence-corrected chi connectivity index (χ4v) is 3.76. The van der Waals surface area contributed by atoms with Crippen LogP contribution < -0.4 is 10.6 Å². The van der Waals surface area contributed by atoms with E-state index in [0.29, 0.717) is 5.92 Å². The molecule has 0 bridgehead atoms. The second-order valence-corrected chi connectivity index (χ2v) is 7.00. The number of fused-ring (bicyclic) bond motifs is 1. The van der Waals surface area contributed by atoms with Crippen LogP contribution >= 0.6 is 35.3 Å². The molecule has 1 heterocycles. The van der Waals surface area contributed by atoms with Gasteiger partial charge in [-0.3, -0.25) is 4.99 Å². The van der Waals surface area contributed by atoms with E-state index in [0.717, 1.165) is 31.9 Å². The van der Waals surface area contributed by atoms with Crippen LogP contribution in [0, 0.1) is 0 Å². The number of aliphatic imine (C=N–C) groups is 1. The van der Waals surface area contributed by atoms with Crippen LogP contribution in [0.25, 0.3) is 0 Å². The topological polar surface area (TPSA) is 49.3 Å². The lowest BCUT2D eigenvalue weighted by Crippen LogP contribution is -2.41. The van der Waals surface area contributed by atoms with Crippen molar-refractivity contribution in [2.24, 2.45) is 4.99 Å². The molecule has 2 N–H and O–H groups in total. The van der Waals surface area contributed by atoms with Gasteiger partial charge in [0.05, 0.1) is 5.01 Å². The third-order valence-electron chi connectivity index (χ3n) is 4.28. The van der Waals surface area contributed by atoms with Gasteiger partial charge in [0.2, 0.25) is 0 Å². The number of aromatic nitrogens is 1. The third-order valence-corrected chi connectivity index (χ3v) is 5.48.